The Morgan fingerprint density at radius 2 is 1.76 bits per heavy atom. The molecule has 2 rings (SSSR count). The first-order valence-corrected chi connectivity index (χ1v) is 7.44. The van der Waals surface area contributed by atoms with Crippen LogP contribution in [-0.2, 0) is 6.42 Å². The monoisotopic (exact) mass is 287 g/mol. The van der Waals surface area contributed by atoms with Crippen molar-refractivity contribution in [2.75, 3.05) is 13.2 Å². The zero-order valence-corrected chi connectivity index (χ0v) is 12.6. The van der Waals surface area contributed by atoms with Gasteiger partial charge in [0.15, 0.2) is 0 Å². The van der Waals surface area contributed by atoms with E-state index in [4.69, 9.17) is 4.74 Å². The molecule has 21 heavy (non-hydrogen) atoms. The summed E-state index contributed by atoms with van der Waals surface area (Å²) in [5, 5.41) is 3.27. The van der Waals surface area contributed by atoms with Crippen molar-refractivity contribution in [3.8, 4) is 5.75 Å². The van der Waals surface area contributed by atoms with Crippen LogP contribution >= 0.6 is 0 Å². The molecule has 2 aromatic carbocycles. The SMILES string of the molecule is CCNC(COc1ccc(CC)cc1)c1ccccc1F. The first kappa shape index (κ1) is 15.5. The molecule has 0 aliphatic heterocycles. The second-order valence-electron chi connectivity index (χ2n) is 4.94. The lowest BCUT2D eigenvalue weighted by molar-refractivity contribution is 0.265. The average Bonchev–Trinajstić information content (AvgIpc) is 2.53. The molecule has 0 bridgehead atoms. The molecule has 0 fully saturated rings. The Morgan fingerprint density at radius 1 is 1.05 bits per heavy atom. The van der Waals surface area contributed by atoms with E-state index in [0.717, 1.165) is 18.7 Å². The van der Waals surface area contributed by atoms with Gasteiger partial charge in [-0.2, -0.15) is 0 Å². The van der Waals surface area contributed by atoms with E-state index in [1.807, 2.05) is 25.1 Å². The Kier molecular flexibility index (Phi) is 5.76. The van der Waals surface area contributed by atoms with E-state index in [1.54, 1.807) is 12.1 Å². The minimum atomic E-state index is -0.201. The number of halogens is 1. The normalized spacial score (nSPS) is 12.1. The van der Waals surface area contributed by atoms with E-state index in [1.165, 1.54) is 11.6 Å². The molecule has 0 radical (unpaired) electrons. The first-order valence-electron chi connectivity index (χ1n) is 7.44. The highest BCUT2D eigenvalue weighted by molar-refractivity contribution is 5.28. The Balaban J connectivity index is 2.04. The summed E-state index contributed by atoms with van der Waals surface area (Å²) in [5.74, 6) is 0.611. The average molecular weight is 287 g/mol. The molecule has 0 amide bonds. The quantitative estimate of drug-likeness (QED) is 0.827. The summed E-state index contributed by atoms with van der Waals surface area (Å²) in [5.41, 5.74) is 1.92. The molecule has 112 valence electrons. The molecule has 1 unspecified atom stereocenters. The van der Waals surface area contributed by atoms with Crippen LogP contribution in [-0.4, -0.2) is 13.2 Å². The zero-order valence-electron chi connectivity index (χ0n) is 12.6. The maximum atomic E-state index is 13.9. The molecule has 0 aromatic heterocycles. The standard InChI is InChI=1S/C18H22FNO/c1-3-14-9-11-15(12-10-14)21-13-18(20-4-2)16-7-5-6-8-17(16)19/h5-12,18,20H,3-4,13H2,1-2H3. The Hall–Kier alpha value is -1.87. The van der Waals surface area contributed by atoms with Gasteiger partial charge in [0, 0.05) is 5.56 Å². The lowest BCUT2D eigenvalue weighted by Gasteiger charge is -2.19. The Morgan fingerprint density at radius 3 is 2.38 bits per heavy atom. The molecule has 2 aromatic rings. The topological polar surface area (TPSA) is 21.3 Å². The molecule has 0 saturated carbocycles. The van der Waals surface area contributed by atoms with Gasteiger partial charge in [-0.15, -0.1) is 0 Å². The van der Waals surface area contributed by atoms with E-state index in [9.17, 15) is 4.39 Å². The fourth-order valence-corrected chi connectivity index (χ4v) is 2.26. The van der Waals surface area contributed by atoms with Crippen LogP contribution in [0.3, 0.4) is 0 Å². The minimum Gasteiger partial charge on any atom is -0.492 e. The maximum Gasteiger partial charge on any atom is 0.128 e. The fraction of sp³-hybridized carbons (Fsp3) is 0.333. The van der Waals surface area contributed by atoms with Crippen molar-refractivity contribution >= 4 is 0 Å². The van der Waals surface area contributed by atoms with Crippen LogP contribution < -0.4 is 10.1 Å². The molecule has 0 saturated heterocycles. The lowest BCUT2D eigenvalue weighted by Crippen LogP contribution is -2.27. The number of hydrogen-bond acceptors (Lipinski definition) is 2. The van der Waals surface area contributed by atoms with Crippen LogP contribution in [0, 0.1) is 5.82 Å². The van der Waals surface area contributed by atoms with E-state index in [0.29, 0.717) is 12.2 Å². The summed E-state index contributed by atoms with van der Waals surface area (Å²) in [6.45, 7) is 5.29. The highest BCUT2D eigenvalue weighted by atomic mass is 19.1. The molecular formula is C18H22FNO. The molecular weight excluding hydrogens is 265 g/mol. The van der Waals surface area contributed by atoms with Gasteiger partial charge >= 0.3 is 0 Å². The van der Waals surface area contributed by atoms with Crippen molar-refractivity contribution in [3.05, 3.63) is 65.5 Å². The summed E-state index contributed by atoms with van der Waals surface area (Å²) >= 11 is 0. The number of likely N-dealkylation sites (N-methyl/N-ethyl adjacent to an activating group) is 1. The van der Waals surface area contributed by atoms with Gasteiger partial charge in [-0.1, -0.05) is 44.2 Å². The van der Waals surface area contributed by atoms with Gasteiger partial charge in [-0.3, -0.25) is 0 Å². The van der Waals surface area contributed by atoms with Crippen LogP contribution in [0.1, 0.15) is 31.0 Å². The summed E-state index contributed by atoms with van der Waals surface area (Å²) in [4.78, 5) is 0. The molecule has 2 nitrogen and oxygen atoms in total. The highest BCUT2D eigenvalue weighted by Gasteiger charge is 2.15. The third-order valence-corrected chi connectivity index (χ3v) is 3.48. The Bertz CT molecular complexity index is 553. The predicted molar refractivity (Wildman–Crippen MR) is 84.1 cm³/mol. The largest absolute Gasteiger partial charge is 0.492 e. The number of nitrogens with one attached hydrogen (secondary N) is 1. The van der Waals surface area contributed by atoms with E-state index < -0.39 is 0 Å². The van der Waals surface area contributed by atoms with Crippen molar-refractivity contribution in [2.45, 2.75) is 26.3 Å². The second kappa shape index (κ2) is 7.79. The molecule has 0 heterocycles. The van der Waals surface area contributed by atoms with Gasteiger partial charge in [-0.05, 0) is 36.7 Å². The van der Waals surface area contributed by atoms with Gasteiger partial charge in [0.1, 0.15) is 18.2 Å². The summed E-state index contributed by atoms with van der Waals surface area (Å²) in [7, 11) is 0. The third kappa shape index (κ3) is 4.30. The van der Waals surface area contributed by atoms with Crippen LogP contribution in [0.5, 0.6) is 5.75 Å². The van der Waals surface area contributed by atoms with E-state index >= 15 is 0 Å². The molecule has 3 heteroatoms. The molecule has 1 N–H and O–H groups in total. The molecule has 0 aliphatic carbocycles. The molecule has 0 aliphatic rings. The van der Waals surface area contributed by atoms with Crippen molar-refractivity contribution in [3.63, 3.8) is 0 Å². The van der Waals surface area contributed by atoms with Crippen molar-refractivity contribution in [1.29, 1.82) is 0 Å². The first-order chi connectivity index (χ1) is 10.2. The van der Waals surface area contributed by atoms with Crippen LogP contribution in [0.2, 0.25) is 0 Å². The highest BCUT2D eigenvalue weighted by Crippen LogP contribution is 2.19. The van der Waals surface area contributed by atoms with Crippen LogP contribution in [0.15, 0.2) is 48.5 Å². The van der Waals surface area contributed by atoms with Gasteiger partial charge < -0.3 is 10.1 Å². The van der Waals surface area contributed by atoms with Crippen LogP contribution in [0.4, 0.5) is 4.39 Å². The van der Waals surface area contributed by atoms with Gasteiger partial charge in [-0.25, -0.2) is 4.39 Å². The molecule has 0 spiro atoms. The Labute approximate surface area is 126 Å². The van der Waals surface area contributed by atoms with E-state index in [-0.39, 0.29) is 11.9 Å². The van der Waals surface area contributed by atoms with Crippen molar-refractivity contribution in [2.24, 2.45) is 0 Å². The van der Waals surface area contributed by atoms with Gasteiger partial charge in [0.05, 0.1) is 6.04 Å². The summed E-state index contributed by atoms with van der Waals surface area (Å²) < 4.78 is 19.7. The minimum absolute atomic E-state index is 0.151. The molecule has 1 atom stereocenters. The number of aryl methyl sites for hydroxylation is 1. The van der Waals surface area contributed by atoms with Crippen molar-refractivity contribution < 1.29 is 9.13 Å². The summed E-state index contributed by atoms with van der Waals surface area (Å²) in [6, 6.07) is 14.7. The van der Waals surface area contributed by atoms with Crippen molar-refractivity contribution in [1.82, 2.24) is 5.32 Å². The second-order valence-corrected chi connectivity index (χ2v) is 4.94. The number of rotatable bonds is 7. The van der Waals surface area contributed by atoms with E-state index in [2.05, 4.69) is 24.4 Å². The third-order valence-electron chi connectivity index (χ3n) is 3.48. The van der Waals surface area contributed by atoms with Gasteiger partial charge in [0.2, 0.25) is 0 Å². The van der Waals surface area contributed by atoms with Gasteiger partial charge in [0.25, 0.3) is 0 Å². The predicted octanol–water partition coefficient (Wildman–Crippen LogP) is 4.12. The summed E-state index contributed by atoms with van der Waals surface area (Å²) in [6.07, 6.45) is 1.01. The maximum absolute atomic E-state index is 13.9. The number of benzene rings is 2. The van der Waals surface area contributed by atoms with Crippen LogP contribution in [0.25, 0.3) is 0 Å². The smallest absolute Gasteiger partial charge is 0.128 e. The number of hydrogen-bond donors (Lipinski definition) is 1. The zero-order chi connectivity index (χ0) is 15.1. The lowest BCUT2D eigenvalue weighted by atomic mass is 10.1. The fourth-order valence-electron chi connectivity index (χ4n) is 2.26. The number of ether oxygens (including phenoxy) is 1.